The molecule has 1 heterocycles. The SMILES string of the molecule is Cc1ccc(F)cc1NC(=O)c1n[nH]c([N+](=O)[O-])c1Br. The smallest absolute Gasteiger partial charge is 0.357 e. The van der Waals surface area contributed by atoms with Crippen molar-refractivity contribution in [1.82, 2.24) is 10.2 Å². The normalized spacial score (nSPS) is 10.3. The molecule has 2 aromatic rings. The van der Waals surface area contributed by atoms with Crippen molar-refractivity contribution in [3.8, 4) is 0 Å². The Labute approximate surface area is 120 Å². The van der Waals surface area contributed by atoms with Gasteiger partial charge in [-0.25, -0.2) is 4.39 Å². The average Bonchev–Trinajstić information content (AvgIpc) is 2.76. The van der Waals surface area contributed by atoms with Crippen molar-refractivity contribution >= 4 is 33.3 Å². The predicted octanol–water partition coefficient (Wildman–Crippen LogP) is 2.78. The number of aryl methyl sites for hydroxylation is 1. The van der Waals surface area contributed by atoms with Gasteiger partial charge in [0.05, 0.1) is 0 Å². The van der Waals surface area contributed by atoms with Gasteiger partial charge in [0, 0.05) is 5.69 Å². The molecule has 2 rings (SSSR count). The first-order valence-corrected chi connectivity index (χ1v) is 6.15. The van der Waals surface area contributed by atoms with E-state index in [2.05, 4.69) is 31.4 Å². The third-order valence-electron chi connectivity index (χ3n) is 2.53. The van der Waals surface area contributed by atoms with E-state index in [0.29, 0.717) is 5.56 Å². The Balaban J connectivity index is 2.29. The van der Waals surface area contributed by atoms with Gasteiger partial charge >= 0.3 is 5.82 Å². The minimum absolute atomic E-state index is 0.0611. The number of carbonyl (C=O) groups excluding carboxylic acids is 1. The number of nitro groups is 1. The number of nitrogens with one attached hydrogen (secondary N) is 2. The van der Waals surface area contributed by atoms with Crippen LogP contribution in [-0.2, 0) is 0 Å². The fraction of sp³-hybridized carbons (Fsp3) is 0.0909. The highest BCUT2D eigenvalue weighted by Gasteiger charge is 2.25. The van der Waals surface area contributed by atoms with Crippen LogP contribution in [0.15, 0.2) is 22.7 Å². The van der Waals surface area contributed by atoms with Gasteiger partial charge in [0.2, 0.25) is 0 Å². The van der Waals surface area contributed by atoms with Crippen LogP contribution in [0.4, 0.5) is 15.9 Å². The molecule has 0 bridgehead atoms. The van der Waals surface area contributed by atoms with E-state index in [1.807, 2.05) is 0 Å². The van der Waals surface area contributed by atoms with E-state index < -0.39 is 22.5 Å². The summed E-state index contributed by atoms with van der Waals surface area (Å²) >= 11 is 2.93. The lowest BCUT2D eigenvalue weighted by Crippen LogP contribution is -2.14. The summed E-state index contributed by atoms with van der Waals surface area (Å²) in [6, 6.07) is 3.93. The van der Waals surface area contributed by atoms with Crippen LogP contribution in [0, 0.1) is 22.9 Å². The van der Waals surface area contributed by atoms with E-state index in [-0.39, 0.29) is 15.9 Å². The van der Waals surface area contributed by atoms with E-state index in [1.165, 1.54) is 12.1 Å². The predicted molar refractivity (Wildman–Crippen MR) is 72.0 cm³/mol. The number of anilines is 1. The number of aromatic amines is 1. The third kappa shape index (κ3) is 2.67. The van der Waals surface area contributed by atoms with Gasteiger partial charge in [-0.2, -0.15) is 0 Å². The molecular weight excluding hydrogens is 335 g/mol. The molecule has 2 N–H and O–H groups in total. The summed E-state index contributed by atoms with van der Waals surface area (Å²) in [4.78, 5) is 21.9. The molecule has 0 aliphatic rings. The lowest BCUT2D eigenvalue weighted by atomic mass is 10.2. The topological polar surface area (TPSA) is 101 Å². The minimum atomic E-state index is -0.707. The van der Waals surface area contributed by atoms with Crippen molar-refractivity contribution in [2.24, 2.45) is 0 Å². The van der Waals surface area contributed by atoms with Gasteiger partial charge in [0.1, 0.15) is 10.3 Å². The van der Waals surface area contributed by atoms with Gasteiger partial charge in [0.25, 0.3) is 5.91 Å². The maximum atomic E-state index is 13.1. The van der Waals surface area contributed by atoms with Gasteiger partial charge in [-0.15, -0.1) is 5.10 Å². The Morgan fingerprint density at radius 3 is 2.85 bits per heavy atom. The lowest BCUT2D eigenvalue weighted by molar-refractivity contribution is -0.390. The molecule has 0 atom stereocenters. The molecule has 0 spiro atoms. The summed E-state index contributed by atoms with van der Waals surface area (Å²) in [7, 11) is 0. The molecule has 104 valence electrons. The van der Waals surface area contributed by atoms with Gasteiger partial charge in [-0.05, 0) is 45.5 Å². The highest BCUT2D eigenvalue weighted by atomic mass is 79.9. The van der Waals surface area contributed by atoms with Crippen LogP contribution in [0.5, 0.6) is 0 Å². The molecule has 0 saturated heterocycles. The molecule has 9 heteroatoms. The van der Waals surface area contributed by atoms with Crippen LogP contribution in [0.3, 0.4) is 0 Å². The first-order chi connectivity index (χ1) is 9.40. The number of H-pyrrole nitrogens is 1. The third-order valence-corrected chi connectivity index (χ3v) is 3.29. The summed E-state index contributed by atoms with van der Waals surface area (Å²) in [6.07, 6.45) is 0. The Kier molecular flexibility index (Phi) is 3.79. The van der Waals surface area contributed by atoms with E-state index in [9.17, 15) is 19.3 Å². The van der Waals surface area contributed by atoms with Crippen molar-refractivity contribution in [2.45, 2.75) is 6.92 Å². The second-order valence-corrected chi connectivity index (χ2v) is 4.70. The average molecular weight is 343 g/mol. The number of halogens is 2. The maximum Gasteiger partial charge on any atom is 0.357 e. The highest BCUT2D eigenvalue weighted by Crippen LogP contribution is 2.26. The zero-order chi connectivity index (χ0) is 14.9. The van der Waals surface area contributed by atoms with Gasteiger partial charge in [-0.1, -0.05) is 11.2 Å². The fourth-order valence-corrected chi connectivity index (χ4v) is 2.00. The summed E-state index contributed by atoms with van der Waals surface area (Å²) < 4.78 is 13.1. The zero-order valence-electron chi connectivity index (χ0n) is 10.1. The Bertz CT molecular complexity index is 701. The van der Waals surface area contributed by atoms with Crippen LogP contribution in [0.25, 0.3) is 0 Å². The molecule has 1 amide bonds. The molecule has 0 radical (unpaired) electrons. The zero-order valence-corrected chi connectivity index (χ0v) is 11.7. The standard InChI is InChI=1S/C11H8BrFN4O3/c1-5-2-3-6(13)4-7(5)14-11(18)9-8(12)10(16-15-9)17(19)20/h2-4H,1H3,(H,14,18)(H,15,16). The van der Waals surface area contributed by atoms with Gasteiger partial charge in [-0.3, -0.25) is 4.79 Å². The first kappa shape index (κ1) is 14.1. The second-order valence-electron chi connectivity index (χ2n) is 3.91. The molecule has 0 fully saturated rings. The molecule has 1 aromatic heterocycles. The monoisotopic (exact) mass is 342 g/mol. The fourth-order valence-electron chi connectivity index (χ4n) is 1.50. The Hall–Kier alpha value is -2.29. The number of aromatic nitrogens is 2. The minimum Gasteiger partial charge on any atom is -0.358 e. The van der Waals surface area contributed by atoms with Gasteiger partial charge in [0.15, 0.2) is 5.69 Å². The molecule has 0 unspecified atom stereocenters. The van der Waals surface area contributed by atoms with E-state index in [4.69, 9.17) is 0 Å². The molecule has 0 aliphatic carbocycles. The van der Waals surface area contributed by atoms with Crippen molar-refractivity contribution in [1.29, 1.82) is 0 Å². The Morgan fingerprint density at radius 1 is 1.55 bits per heavy atom. The van der Waals surface area contributed by atoms with E-state index in [1.54, 1.807) is 6.92 Å². The number of nitrogens with zero attached hydrogens (tertiary/aromatic N) is 2. The molecule has 7 nitrogen and oxygen atoms in total. The maximum absolute atomic E-state index is 13.1. The van der Waals surface area contributed by atoms with Crippen LogP contribution in [-0.4, -0.2) is 21.0 Å². The molecule has 20 heavy (non-hydrogen) atoms. The highest BCUT2D eigenvalue weighted by molar-refractivity contribution is 9.10. The summed E-state index contributed by atoms with van der Waals surface area (Å²) in [5.41, 5.74) is 0.744. The molecule has 0 saturated carbocycles. The van der Waals surface area contributed by atoms with Crippen LogP contribution in [0.2, 0.25) is 0 Å². The summed E-state index contributed by atoms with van der Waals surface area (Å²) in [6.45, 7) is 1.69. The quantitative estimate of drug-likeness (QED) is 0.661. The van der Waals surface area contributed by atoms with Gasteiger partial charge < -0.3 is 15.4 Å². The number of rotatable bonds is 3. The first-order valence-electron chi connectivity index (χ1n) is 5.36. The van der Waals surface area contributed by atoms with Crippen molar-refractivity contribution in [2.75, 3.05) is 5.32 Å². The molecule has 0 aliphatic heterocycles. The summed E-state index contributed by atoms with van der Waals surface area (Å²) in [5, 5.41) is 18.8. The largest absolute Gasteiger partial charge is 0.358 e. The van der Waals surface area contributed by atoms with Crippen LogP contribution < -0.4 is 5.32 Å². The second kappa shape index (κ2) is 5.37. The molecule has 1 aromatic carbocycles. The van der Waals surface area contributed by atoms with Crippen molar-refractivity contribution in [3.05, 3.63) is 49.9 Å². The lowest BCUT2D eigenvalue weighted by Gasteiger charge is -2.06. The Morgan fingerprint density at radius 2 is 2.25 bits per heavy atom. The van der Waals surface area contributed by atoms with E-state index >= 15 is 0 Å². The number of hydrogen-bond acceptors (Lipinski definition) is 4. The number of benzene rings is 1. The van der Waals surface area contributed by atoms with Crippen LogP contribution in [0.1, 0.15) is 16.1 Å². The number of hydrogen-bond donors (Lipinski definition) is 2. The number of carbonyl (C=O) groups is 1. The summed E-state index contributed by atoms with van der Waals surface area (Å²) in [5.74, 6) is -1.61. The van der Waals surface area contributed by atoms with Crippen LogP contribution >= 0.6 is 15.9 Å². The van der Waals surface area contributed by atoms with Crippen molar-refractivity contribution < 1.29 is 14.1 Å². The number of amides is 1. The molecular formula is C11H8BrFN4O3. The van der Waals surface area contributed by atoms with Crippen molar-refractivity contribution in [3.63, 3.8) is 0 Å². The van der Waals surface area contributed by atoms with E-state index in [0.717, 1.165) is 6.07 Å².